The van der Waals surface area contributed by atoms with Gasteiger partial charge in [0.15, 0.2) is 0 Å². The molecule has 0 aliphatic carbocycles. The molecule has 3 aromatic carbocycles. The molecule has 192 valence electrons. The van der Waals surface area contributed by atoms with Crippen LogP contribution in [0.5, 0.6) is 0 Å². The SMILES string of the molecule is CC(=O)Nc1ccc(C(CCNC(=O)CN2CCc3ccccc3C2)c2ccccc2)cc1NC(C)=O. The monoisotopic (exact) mass is 498 g/mol. The fourth-order valence-corrected chi connectivity index (χ4v) is 4.89. The zero-order valence-electron chi connectivity index (χ0n) is 21.4. The highest BCUT2D eigenvalue weighted by molar-refractivity contribution is 5.98. The predicted octanol–water partition coefficient (Wildman–Crippen LogP) is 4.30. The van der Waals surface area contributed by atoms with Crippen molar-refractivity contribution >= 4 is 29.1 Å². The van der Waals surface area contributed by atoms with Crippen molar-refractivity contribution in [2.75, 3.05) is 30.3 Å². The number of fused-ring (bicyclic) bond motifs is 1. The van der Waals surface area contributed by atoms with Crippen LogP contribution in [-0.2, 0) is 27.3 Å². The summed E-state index contributed by atoms with van der Waals surface area (Å²) in [6.07, 6.45) is 1.65. The fourth-order valence-electron chi connectivity index (χ4n) is 4.89. The Labute approximate surface area is 218 Å². The summed E-state index contributed by atoms with van der Waals surface area (Å²) in [4.78, 5) is 38.4. The van der Waals surface area contributed by atoms with E-state index in [4.69, 9.17) is 0 Å². The standard InChI is InChI=1S/C30H34N4O3/c1-21(35)32-28-13-12-25(18-29(28)33-22(2)36)27(24-9-4-3-5-10-24)14-16-31-30(37)20-34-17-15-23-8-6-7-11-26(23)19-34/h3-13,18,27H,14-17,19-20H2,1-2H3,(H,31,37)(H,32,35)(H,33,36). The Hall–Kier alpha value is -3.97. The van der Waals surface area contributed by atoms with Crippen molar-refractivity contribution in [1.82, 2.24) is 10.2 Å². The second kappa shape index (κ2) is 12.3. The molecule has 7 heteroatoms. The van der Waals surface area contributed by atoms with E-state index in [2.05, 4.69) is 51.2 Å². The summed E-state index contributed by atoms with van der Waals surface area (Å²) in [5, 5.41) is 8.70. The summed E-state index contributed by atoms with van der Waals surface area (Å²) in [6, 6.07) is 24.2. The van der Waals surface area contributed by atoms with E-state index in [0.717, 1.165) is 30.6 Å². The molecule has 37 heavy (non-hydrogen) atoms. The third kappa shape index (κ3) is 7.27. The second-order valence-electron chi connectivity index (χ2n) is 9.50. The van der Waals surface area contributed by atoms with Crippen molar-refractivity contribution < 1.29 is 14.4 Å². The van der Waals surface area contributed by atoms with Crippen LogP contribution in [0.1, 0.15) is 48.4 Å². The van der Waals surface area contributed by atoms with Crippen molar-refractivity contribution in [1.29, 1.82) is 0 Å². The molecule has 1 heterocycles. The molecule has 0 bridgehead atoms. The Bertz CT molecular complexity index is 1260. The van der Waals surface area contributed by atoms with Gasteiger partial charge in [0.05, 0.1) is 17.9 Å². The van der Waals surface area contributed by atoms with Gasteiger partial charge < -0.3 is 16.0 Å². The number of carbonyl (C=O) groups excluding carboxylic acids is 3. The van der Waals surface area contributed by atoms with Crippen LogP contribution in [0.3, 0.4) is 0 Å². The minimum Gasteiger partial charge on any atom is -0.355 e. The van der Waals surface area contributed by atoms with Crippen LogP contribution in [0.25, 0.3) is 0 Å². The largest absolute Gasteiger partial charge is 0.355 e. The lowest BCUT2D eigenvalue weighted by Gasteiger charge is -2.28. The first-order valence-electron chi connectivity index (χ1n) is 12.7. The van der Waals surface area contributed by atoms with Crippen molar-refractivity contribution in [3.63, 3.8) is 0 Å². The van der Waals surface area contributed by atoms with E-state index in [0.29, 0.717) is 30.9 Å². The molecule has 0 spiro atoms. The number of nitrogens with one attached hydrogen (secondary N) is 3. The molecule has 7 nitrogen and oxygen atoms in total. The summed E-state index contributed by atoms with van der Waals surface area (Å²) in [7, 11) is 0. The third-order valence-electron chi connectivity index (χ3n) is 6.60. The minimum atomic E-state index is -0.215. The summed E-state index contributed by atoms with van der Waals surface area (Å²) >= 11 is 0. The highest BCUT2D eigenvalue weighted by Crippen LogP contribution is 2.33. The van der Waals surface area contributed by atoms with Gasteiger partial charge in [-0.25, -0.2) is 0 Å². The number of hydrogen-bond acceptors (Lipinski definition) is 4. The molecule has 1 unspecified atom stereocenters. The maximum atomic E-state index is 12.8. The van der Waals surface area contributed by atoms with E-state index in [1.807, 2.05) is 42.5 Å². The number of amides is 3. The molecule has 1 aliphatic rings. The molecular weight excluding hydrogens is 464 g/mol. The lowest BCUT2D eigenvalue weighted by atomic mass is 9.88. The van der Waals surface area contributed by atoms with Crippen LogP contribution in [0.2, 0.25) is 0 Å². The van der Waals surface area contributed by atoms with E-state index in [1.165, 1.54) is 25.0 Å². The van der Waals surface area contributed by atoms with E-state index in [-0.39, 0.29) is 23.6 Å². The van der Waals surface area contributed by atoms with Gasteiger partial charge in [-0.1, -0.05) is 60.7 Å². The highest BCUT2D eigenvalue weighted by Gasteiger charge is 2.20. The molecule has 3 N–H and O–H groups in total. The first-order chi connectivity index (χ1) is 17.9. The van der Waals surface area contributed by atoms with Gasteiger partial charge in [0.2, 0.25) is 17.7 Å². The lowest BCUT2D eigenvalue weighted by Crippen LogP contribution is -2.40. The summed E-state index contributed by atoms with van der Waals surface area (Å²) in [5.41, 5.74) is 5.87. The van der Waals surface area contributed by atoms with Gasteiger partial charge in [0.1, 0.15) is 0 Å². The fraction of sp³-hybridized carbons (Fsp3) is 0.300. The van der Waals surface area contributed by atoms with Crippen LogP contribution >= 0.6 is 0 Å². The van der Waals surface area contributed by atoms with Crippen molar-refractivity contribution in [2.45, 2.75) is 39.2 Å². The molecule has 0 aromatic heterocycles. The van der Waals surface area contributed by atoms with E-state index >= 15 is 0 Å². The first-order valence-corrected chi connectivity index (χ1v) is 12.7. The Morgan fingerprint density at radius 3 is 2.22 bits per heavy atom. The quantitative estimate of drug-likeness (QED) is 0.410. The van der Waals surface area contributed by atoms with Crippen molar-refractivity contribution in [3.05, 3.63) is 95.1 Å². The van der Waals surface area contributed by atoms with E-state index in [1.54, 1.807) is 0 Å². The number of carbonyl (C=O) groups is 3. The highest BCUT2D eigenvalue weighted by atomic mass is 16.2. The number of nitrogens with zero attached hydrogens (tertiary/aromatic N) is 1. The number of hydrogen-bond donors (Lipinski definition) is 3. The maximum absolute atomic E-state index is 12.8. The molecule has 0 radical (unpaired) electrons. The second-order valence-corrected chi connectivity index (χ2v) is 9.50. The van der Waals surface area contributed by atoms with Gasteiger partial charge in [0, 0.05) is 39.4 Å². The van der Waals surface area contributed by atoms with Crippen LogP contribution in [0, 0.1) is 0 Å². The predicted molar refractivity (Wildman–Crippen MR) is 146 cm³/mol. The zero-order chi connectivity index (χ0) is 26.2. The Morgan fingerprint density at radius 2 is 1.49 bits per heavy atom. The zero-order valence-corrected chi connectivity index (χ0v) is 21.4. The molecule has 0 fully saturated rings. The molecule has 0 saturated heterocycles. The average molecular weight is 499 g/mol. The van der Waals surface area contributed by atoms with Crippen LogP contribution in [0.4, 0.5) is 11.4 Å². The van der Waals surface area contributed by atoms with E-state index < -0.39 is 0 Å². The van der Waals surface area contributed by atoms with E-state index in [9.17, 15) is 14.4 Å². The number of rotatable bonds is 9. The topological polar surface area (TPSA) is 90.5 Å². The Balaban J connectivity index is 1.43. The number of benzene rings is 3. The van der Waals surface area contributed by atoms with Crippen molar-refractivity contribution in [3.8, 4) is 0 Å². The molecular formula is C30H34N4O3. The third-order valence-corrected chi connectivity index (χ3v) is 6.60. The molecule has 3 aromatic rings. The van der Waals surface area contributed by atoms with Gasteiger partial charge in [-0.2, -0.15) is 0 Å². The van der Waals surface area contributed by atoms with Gasteiger partial charge in [-0.15, -0.1) is 0 Å². The molecule has 1 aliphatic heterocycles. The lowest BCUT2D eigenvalue weighted by molar-refractivity contribution is -0.122. The Morgan fingerprint density at radius 1 is 0.811 bits per heavy atom. The molecule has 4 rings (SSSR count). The summed E-state index contributed by atoms with van der Waals surface area (Å²) in [6.45, 7) is 5.44. The molecule has 3 amide bonds. The first kappa shape index (κ1) is 26.1. The van der Waals surface area contributed by atoms with Crippen LogP contribution in [-0.4, -0.2) is 42.3 Å². The Kier molecular flexibility index (Phi) is 8.69. The number of anilines is 2. The van der Waals surface area contributed by atoms with Gasteiger partial charge in [0.25, 0.3) is 0 Å². The molecule has 0 saturated carbocycles. The van der Waals surface area contributed by atoms with Gasteiger partial charge in [-0.05, 0) is 47.2 Å². The van der Waals surface area contributed by atoms with Crippen molar-refractivity contribution in [2.24, 2.45) is 0 Å². The van der Waals surface area contributed by atoms with Crippen LogP contribution < -0.4 is 16.0 Å². The smallest absolute Gasteiger partial charge is 0.234 e. The minimum absolute atomic E-state index is 0.00208. The summed E-state index contributed by atoms with van der Waals surface area (Å²) < 4.78 is 0. The van der Waals surface area contributed by atoms with Gasteiger partial charge in [-0.3, -0.25) is 19.3 Å². The average Bonchev–Trinajstić information content (AvgIpc) is 2.87. The summed E-state index contributed by atoms with van der Waals surface area (Å²) in [5.74, 6) is -0.403. The molecule has 1 atom stereocenters. The van der Waals surface area contributed by atoms with Crippen LogP contribution in [0.15, 0.2) is 72.8 Å². The normalized spacial score (nSPS) is 13.8. The maximum Gasteiger partial charge on any atom is 0.234 e. The van der Waals surface area contributed by atoms with Gasteiger partial charge >= 0.3 is 0 Å².